The van der Waals surface area contributed by atoms with E-state index in [1.54, 1.807) is 12.1 Å². The van der Waals surface area contributed by atoms with E-state index in [4.69, 9.17) is 5.26 Å². The second-order valence-corrected chi connectivity index (χ2v) is 5.70. The Kier molecular flexibility index (Phi) is 3.71. The number of rotatable bonds is 3. The average Bonchev–Trinajstić information content (AvgIpc) is 2.73. The van der Waals surface area contributed by atoms with Gasteiger partial charge in [-0.25, -0.2) is 4.39 Å². The smallest absolute Gasteiger partial charge is 0.174 e. The summed E-state index contributed by atoms with van der Waals surface area (Å²) in [5.41, 5.74) is 0.907. The number of aryl methyl sites for hydroxylation is 1. The summed E-state index contributed by atoms with van der Waals surface area (Å²) < 4.78 is 14.4. The highest BCUT2D eigenvalue weighted by molar-refractivity contribution is 8.00. The van der Waals surface area contributed by atoms with Crippen LogP contribution in [0.2, 0.25) is 0 Å². The zero-order valence-corrected chi connectivity index (χ0v) is 10.6. The van der Waals surface area contributed by atoms with E-state index in [1.165, 1.54) is 29.2 Å². The fraction of sp³-hybridized carbons (Fsp3) is 0.182. The van der Waals surface area contributed by atoms with Gasteiger partial charge in [-0.05, 0) is 24.6 Å². The molecule has 6 heteroatoms. The van der Waals surface area contributed by atoms with Crippen molar-refractivity contribution in [2.24, 2.45) is 0 Å². The van der Waals surface area contributed by atoms with Crippen LogP contribution in [0.1, 0.15) is 16.1 Å². The van der Waals surface area contributed by atoms with E-state index in [-0.39, 0.29) is 5.82 Å². The van der Waals surface area contributed by atoms with Crippen molar-refractivity contribution >= 4 is 23.1 Å². The van der Waals surface area contributed by atoms with Crippen LogP contribution in [0.3, 0.4) is 0 Å². The number of nitriles is 1. The molecule has 0 aliphatic heterocycles. The van der Waals surface area contributed by atoms with Gasteiger partial charge in [-0.15, -0.1) is 10.2 Å². The molecule has 3 nitrogen and oxygen atoms in total. The molecule has 0 N–H and O–H groups in total. The molecule has 0 saturated heterocycles. The Labute approximate surface area is 106 Å². The molecule has 2 rings (SSSR count). The van der Waals surface area contributed by atoms with E-state index in [0.717, 1.165) is 9.35 Å². The molecule has 1 heterocycles. The zero-order valence-electron chi connectivity index (χ0n) is 8.98. The molecule has 0 aliphatic rings. The second-order valence-electron chi connectivity index (χ2n) is 3.29. The third-order valence-electron chi connectivity index (χ3n) is 2.04. The van der Waals surface area contributed by atoms with E-state index < -0.39 is 0 Å². The number of thioether (sulfide) groups is 1. The summed E-state index contributed by atoms with van der Waals surface area (Å²) in [4.78, 5) is 0. The van der Waals surface area contributed by atoms with Crippen LogP contribution in [-0.4, -0.2) is 10.2 Å². The molecule has 0 amide bonds. The van der Waals surface area contributed by atoms with Gasteiger partial charge in [0, 0.05) is 5.75 Å². The maximum atomic E-state index is 13.5. The number of nitrogens with zero attached hydrogens (tertiary/aromatic N) is 3. The Bertz CT molecular complexity index is 574. The third kappa shape index (κ3) is 3.02. The van der Waals surface area contributed by atoms with Gasteiger partial charge in [-0.1, -0.05) is 29.2 Å². The summed E-state index contributed by atoms with van der Waals surface area (Å²) >= 11 is 2.93. The van der Waals surface area contributed by atoms with Gasteiger partial charge < -0.3 is 0 Å². The predicted octanol–water partition coefficient (Wildman–Crippen LogP) is 3.15. The van der Waals surface area contributed by atoms with Gasteiger partial charge >= 0.3 is 0 Å². The number of hydrogen-bond acceptors (Lipinski definition) is 5. The molecular weight excluding hydrogens is 257 g/mol. The van der Waals surface area contributed by atoms with Gasteiger partial charge in [0.05, 0.1) is 11.6 Å². The number of aromatic nitrogens is 2. The van der Waals surface area contributed by atoms with Crippen molar-refractivity contribution in [2.45, 2.75) is 17.0 Å². The molecule has 1 aromatic carbocycles. The molecule has 0 unspecified atom stereocenters. The molecule has 0 spiro atoms. The van der Waals surface area contributed by atoms with Gasteiger partial charge in [0.2, 0.25) is 0 Å². The van der Waals surface area contributed by atoms with Crippen molar-refractivity contribution in [1.82, 2.24) is 10.2 Å². The summed E-state index contributed by atoms with van der Waals surface area (Å²) in [7, 11) is 0. The Morgan fingerprint density at radius 1 is 1.47 bits per heavy atom. The minimum atomic E-state index is -0.349. The van der Waals surface area contributed by atoms with Gasteiger partial charge in [0.15, 0.2) is 4.34 Å². The first-order valence-electron chi connectivity index (χ1n) is 4.80. The highest BCUT2D eigenvalue weighted by atomic mass is 32.2. The van der Waals surface area contributed by atoms with Crippen molar-refractivity contribution < 1.29 is 4.39 Å². The fourth-order valence-corrected chi connectivity index (χ4v) is 3.01. The first-order chi connectivity index (χ1) is 8.19. The predicted molar refractivity (Wildman–Crippen MR) is 65.3 cm³/mol. The fourth-order valence-electron chi connectivity index (χ4n) is 1.21. The van der Waals surface area contributed by atoms with E-state index in [1.807, 2.05) is 13.0 Å². The minimum Gasteiger partial charge on any atom is -0.207 e. The topological polar surface area (TPSA) is 49.6 Å². The molecule has 0 aliphatic carbocycles. The summed E-state index contributed by atoms with van der Waals surface area (Å²) in [5, 5.41) is 17.4. The number of hydrogen-bond donors (Lipinski definition) is 0. The second kappa shape index (κ2) is 5.25. The quantitative estimate of drug-likeness (QED) is 0.800. The highest BCUT2D eigenvalue weighted by Gasteiger charge is 2.06. The lowest BCUT2D eigenvalue weighted by Crippen LogP contribution is -1.88. The largest absolute Gasteiger partial charge is 0.207 e. The molecule has 0 atom stereocenters. The third-order valence-corrected chi connectivity index (χ3v) is 4.06. The van der Waals surface area contributed by atoms with Crippen molar-refractivity contribution in [3.8, 4) is 6.07 Å². The van der Waals surface area contributed by atoms with E-state index in [2.05, 4.69) is 10.2 Å². The first kappa shape index (κ1) is 12.0. The highest BCUT2D eigenvalue weighted by Crippen LogP contribution is 2.26. The van der Waals surface area contributed by atoms with Crippen LogP contribution in [-0.2, 0) is 5.75 Å². The molecule has 0 fully saturated rings. The van der Waals surface area contributed by atoms with Crippen LogP contribution in [0.15, 0.2) is 22.5 Å². The molecule has 17 heavy (non-hydrogen) atoms. The molecule has 2 aromatic rings. The van der Waals surface area contributed by atoms with Crippen molar-refractivity contribution in [2.75, 3.05) is 0 Å². The molecule has 0 radical (unpaired) electrons. The van der Waals surface area contributed by atoms with Gasteiger partial charge in [-0.3, -0.25) is 0 Å². The van der Waals surface area contributed by atoms with E-state index in [9.17, 15) is 4.39 Å². The normalized spacial score (nSPS) is 10.2. The van der Waals surface area contributed by atoms with Crippen LogP contribution in [0.4, 0.5) is 4.39 Å². The van der Waals surface area contributed by atoms with Gasteiger partial charge in [0.25, 0.3) is 0 Å². The Balaban J connectivity index is 2.07. The van der Waals surface area contributed by atoms with Crippen molar-refractivity contribution in [3.05, 3.63) is 40.2 Å². The maximum Gasteiger partial charge on any atom is 0.174 e. The summed E-state index contributed by atoms with van der Waals surface area (Å²) in [6, 6.07) is 6.41. The molecule has 1 aromatic heterocycles. The van der Waals surface area contributed by atoms with Crippen molar-refractivity contribution in [3.63, 3.8) is 0 Å². The minimum absolute atomic E-state index is 0.336. The maximum absolute atomic E-state index is 13.5. The van der Waals surface area contributed by atoms with Crippen LogP contribution in [0.25, 0.3) is 0 Å². The van der Waals surface area contributed by atoms with Crippen LogP contribution >= 0.6 is 23.1 Å². The number of benzene rings is 1. The SMILES string of the molecule is Cc1nnc(SCc2ccc(C#N)cc2F)s1. The molecule has 0 bridgehead atoms. The van der Waals surface area contributed by atoms with Crippen LogP contribution < -0.4 is 0 Å². The summed E-state index contributed by atoms with van der Waals surface area (Å²) in [6.07, 6.45) is 0. The van der Waals surface area contributed by atoms with Crippen LogP contribution in [0, 0.1) is 24.1 Å². The van der Waals surface area contributed by atoms with Gasteiger partial charge in [-0.2, -0.15) is 5.26 Å². The Morgan fingerprint density at radius 3 is 2.88 bits per heavy atom. The van der Waals surface area contributed by atoms with Crippen molar-refractivity contribution in [1.29, 1.82) is 5.26 Å². The monoisotopic (exact) mass is 265 g/mol. The van der Waals surface area contributed by atoms with Crippen LogP contribution in [0.5, 0.6) is 0 Å². The lowest BCUT2D eigenvalue weighted by atomic mass is 10.1. The number of halogens is 1. The first-order valence-corrected chi connectivity index (χ1v) is 6.60. The lowest BCUT2D eigenvalue weighted by molar-refractivity contribution is 0.617. The molecule has 0 saturated carbocycles. The standard InChI is InChI=1S/C11H8FN3S2/c1-7-14-15-11(17-7)16-6-9-3-2-8(5-13)4-10(9)12/h2-4H,6H2,1H3. The average molecular weight is 265 g/mol. The Hall–Kier alpha value is -1.45. The van der Waals surface area contributed by atoms with E-state index in [0.29, 0.717) is 16.9 Å². The summed E-state index contributed by atoms with van der Waals surface area (Å²) in [6.45, 7) is 1.88. The summed E-state index contributed by atoms with van der Waals surface area (Å²) in [5.74, 6) is 0.143. The van der Waals surface area contributed by atoms with E-state index >= 15 is 0 Å². The molecular formula is C11H8FN3S2. The van der Waals surface area contributed by atoms with Gasteiger partial charge in [0.1, 0.15) is 10.8 Å². The lowest BCUT2D eigenvalue weighted by Gasteiger charge is -2.01. The zero-order chi connectivity index (χ0) is 12.3. The molecule has 86 valence electrons. The Morgan fingerprint density at radius 2 is 2.29 bits per heavy atom.